The molecule has 6 nitrogen and oxygen atoms in total. The van der Waals surface area contributed by atoms with Gasteiger partial charge in [0.05, 0.1) is 5.69 Å². The zero-order valence-electron chi connectivity index (χ0n) is 19.2. The molecule has 0 spiro atoms. The first-order chi connectivity index (χ1) is 17.6. The van der Waals surface area contributed by atoms with Gasteiger partial charge in [-0.1, -0.05) is 36.4 Å². The number of carbonyl (C=O) groups is 1. The summed E-state index contributed by atoms with van der Waals surface area (Å²) >= 11 is 0. The standard InChI is InChI=1S/C30H22N4O2/c31-20-6-3-5-19(17-20)30(35)34-22-13-11-21(12-14-22)33-23-15-16-32-27(18-23)26-9-4-8-25-24-7-1-2-10-28(24)36-29(25)26/h1-18H,31H2,(H,32,33)(H,34,35). The first-order valence-corrected chi connectivity index (χ1v) is 11.5. The van der Waals surface area contributed by atoms with Gasteiger partial charge in [0, 0.05) is 50.8 Å². The quantitative estimate of drug-likeness (QED) is 0.231. The maximum atomic E-state index is 12.5. The first kappa shape index (κ1) is 21.4. The average Bonchev–Trinajstić information content (AvgIpc) is 3.29. The molecule has 0 aliphatic heterocycles. The lowest BCUT2D eigenvalue weighted by atomic mass is 10.1. The van der Waals surface area contributed by atoms with Crippen molar-refractivity contribution in [3.05, 3.63) is 115 Å². The van der Waals surface area contributed by atoms with E-state index >= 15 is 0 Å². The molecule has 0 atom stereocenters. The van der Waals surface area contributed by atoms with Crippen LogP contribution >= 0.6 is 0 Å². The highest BCUT2D eigenvalue weighted by molar-refractivity contribution is 6.09. The number of aromatic nitrogens is 1. The van der Waals surface area contributed by atoms with Crippen molar-refractivity contribution in [2.24, 2.45) is 0 Å². The van der Waals surface area contributed by atoms with E-state index < -0.39 is 0 Å². The third-order valence-corrected chi connectivity index (χ3v) is 6.02. The van der Waals surface area contributed by atoms with E-state index in [9.17, 15) is 4.79 Å². The number of pyridine rings is 1. The van der Waals surface area contributed by atoms with Gasteiger partial charge < -0.3 is 20.8 Å². The molecule has 4 aromatic carbocycles. The number of nitrogens with one attached hydrogen (secondary N) is 2. The van der Waals surface area contributed by atoms with E-state index in [0.717, 1.165) is 44.6 Å². The second kappa shape index (κ2) is 8.92. The van der Waals surface area contributed by atoms with Crippen LogP contribution < -0.4 is 16.4 Å². The summed E-state index contributed by atoms with van der Waals surface area (Å²) in [5.74, 6) is -0.207. The highest BCUT2D eigenvalue weighted by Crippen LogP contribution is 2.35. The molecule has 6 rings (SSSR count). The summed E-state index contributed by atoms with van der Waals surface area (Å²) in [7, 11) is 0. The van der Waals surface area contributed by atoms with Crippen molar-refractivity contribution in [1.29, 1.82) is 0 Å². The molecule has 0 aliphatic carbocycles. The van der Waals surface area contributed by atoms with Gasteiger partial charge in [0.1, 0.15) is 11.2 Å². The highest BCUT2D eigenvalue weighted by atomic mass is 16.3. The van der Waals surface area contributed by atoms with Crippen molar-refractivity contribution in [3.8, 4) is 11.3 Å². The molecule has 36 heavy (non-hydrogen) atoms. The Labute approximate surface area is 207 Å². The summed E-state index contributed by atoms with van der Waals surface area (Å²) in [5.41, 5.74) is 12.8. The van der Waals surface area contributed by atoms with Crippen LogP contribution in [0.3, 0.4) is 0 Å². The van der Waals surface area contributed by atoms with E-state index in [1.165, 1.54) is 0 Å². The number of fused-ring (bicyclic) bond motifs is 3. The number of para-hydroxylation sites is 2. The third-order valence-electron chi connectivity index (χ3n) is 6.02. The monoisotopic (exact) mass is 470 g/mol. The van der Waals surface area contributed by atoms with Gasteiger partial charge in [-0.05, 0) is 66.7 Å². The summed E-state index contributed by atoms with van der Waals surface area (Å²) < 4.78 is 6.18. The fraction of sp³-hybridized carbons (Fsp3) is 0. The minimum absolute atomic E-state index is 0.207. The minimum Gasteiger partial charge on any atom is -0.455 e. The molecule has 0 aliphatic rings. The van der Waals surface area contributed by atoms with Crippen LogP contribution in [-0.4, -0.2) is 10.9 Å². The number of hydrogen-bond donors (Lipinski definition) is 3. The summed E-state index contributed by atoms with van der Waals surface area (Å²) in [5, 5.41) is 8.46. The molecule has 0 fully saturated rings. The zero-order chi connectivity index (χ0) is 24.5. The number of benzene rings is 4. The Bertz CT molecular complexity index is 1720. The number of furan rings is 1. The van der Waals surface area contributed by atoms with Crippen LogP contribution in [0.5, 0.6) is 0 Å². The maximum absolute atomic E-state index is 12.5. The van der Waals surface area contributed by atoms with Gasteiger partial charge >= 0.3 is 0 Å². The van der Waals surface area contributed by atoms with Crippen molar-refractivity contribution in [3.63, 3.8) is 0 Å². The smallest absolute Gasteiger partial charge is 0.255 e. The number of hydrogen-bond acceptors (Lipinski definition) is 5. The van der Waals surface area contributed by atoms with Gasteiger partial charge in [-0.15, -0.1) is 0 Å². The van der Waals surface area contributed by atoms with Gasteiger partial charge in [-0.2, -0.15) is 0 Å². The van der Waals surface area contributed by atoms with Crippen molar-refractivity contribution >= 4 is 50.6 Å². The largest absolute Gasteiger partial charge is 0.455 e. The number of rotatable bonds is 5. The number of nitrogens with zero attached hydrogens (tertiary/aromatic N) is 1. The minimum atomic E-state index is -0.207. The van der Waals surface area contributed by atoms with Crippen molar-refractivity contribution in [2.45, 2.75) is 0 Å². The summed E-state index contributed by atoms with van der Waals surface area (Å²) in [6.07, 6.45) is 1.78. The fourth-order valence-corrected chi connectivity index (χ4v) is 4.29. The summed E-state index contributed by atoms with van der Waals surface area (Å²) in [6.45, 7) is 0. The predicted octanol–water partition coefficient (Wildman–Crippen LogP) is 7.23. The van der Waals surface area contributed by atoms with Crippen molar-refractivity contribution in [1.82, 2.24) is 4.98 Å². The molecular weight excluding hydrogens is 448 g/mol. The first-order valence-electron chi connectivity index (χ1n) is 11.5. The van der Waals surface area contributed by atoms with E-state index in [-0.39, 0.29) is 5.91 Å². The Balaban J connectivity index is 1.22. The molecule has 0 bridgehead atoms. The lowest BCUT2D eigenvalue weighted by Crippen LogP contribution is -2.12. The zero-order valence-corrected chi connectivity index (χ0v) is 19.2. The molecule has 0 saturated carbocycles. The van der Waals surface area contributed by atoms with E-state index in [0.29, 0.717) is 16.9 Å². The van der Waals surface area contributed by atoms with Gasteiger partial charge in [-0.25, -0.2) is 0 Å². The Morgan fingerprint density at radius 1 is 0.750 bits per heavy atom. The van der Waals surface area contributed by atoms with E-state index in [1.54, 1.807) is 30.5 Å². The molecular formula is C30H22N4O2. The molecule has 174 valence electrons. The van der Waals surface area contributed by atoms with Gasteiger partial charge in [-0.3, -0.25) is 9.78 Å². The Morgan fingerprint density at radius 2 is 1.53 bits per heavy atom. The van der Waals surface area contributed by atoms with Gasteiger partial charge in [0.25, 0.3) is 5.91 Å². The second-order valence-electron chi connectivity index (χ2n) is 8.49. The van der Waals surface area contributed by atoms with Gasteiger partial charge in [0.15, 0.2) is 0 Å². The summed E-state index contributed by atoms with van der Waals surface area (Å²) in [6, 6.07) is 32.5. The fourth-order valence-electron chi connectivity index (χ4n) is 4.29. The lowest BCUT2D eigenvalue weighted by molar-refractivity contribution is 0.102. The molecule has 0 radical (unpaired) electrons. The molecule has 0 saturated heterocycles. The molecule has 2 heterocycles. The van der Waals surface area contributed by atoms with Crippen LogP contribution in [0.25, 0.3) is 33.2 Å². The van der Waals surface area contributed by atoms with Crippen LogP contribution in [0, 0.1) is 0 Å². The number of anilines is 4. The van der Waals surface area contributed by atoms with Crippen LogP contribution in [0.1, 0.15) is 10.4 Å². The maximum Gasteiger partial charge on any atom is 0.255 e. The third kappa shape index (κ3) is 4.12. The Morgan fingerprint density at radius 3 is 2.39 bits per heavy atom. The number of amides is 1. The SMILES string of the molecule is Nc1cccc(C(=O)Nc2ccc(Nc3ccnc(-c4cccc5c4oc4ccccc45)c3)cc2)c1. The molecule has 4 N–H and O–H groups in total. The summed E-state index contributed by atoms with van der Waals surface area (Å²) in [4.78, 5) is 17.1. The van der Waals surface area contributed by atoms with Crippen molar-refractivity contribution in [2.75, 3.05) is 16.4 Å². The predicted molar refractivity (Wildman–Crippen MR) is 145 cm³/mol. The van der Waals surface area contributed by atoms with E-state index in [2.05, 4.69) is 27.8 Å². The normalized spacial score (nSPS) is 11.0. The Kier molecular flexibility index (Phi) is 5.31. The molecule has 2 aromatic heterocycles. The van der Waals surface area contributed by atoms with Gasteiger partial charge in [0.2, 0.25) is 0 Å². The van der Waals surface area contributed by atoms with Crippen LogP contribution in [-0.2, 0) is 0 Å². The molecule has 0 unspecified atom stereocenters. The number of nitrogen functional groups attached to an aromatic ring is 1. The van der Waals surface area contributed by atoms with E-state index in [1.807, 2.05) is 66.7 Å². The number of carbonyl (C=O) groups excluding carboxylic acids is 1. The molecule has 1 amide bonds. The Hall–Kier alpha value is -5.10. The molecule has 6 aromatic rings. The van der Waals surface area contributed by atoms with E-state index in [4.69, 9.17) is 10.2 Å². The molecule has 6 heteroatoms. The second-order valence-corrected chi connectivity index (χ2v) is 8.49. The van der Waals surface area contributed by atoms with Crippen LogP contribution in [0.2, 0.25) is 0 Å². The number of nitrogens with two attached hydrogens (primary N) is 1. The lowest BCUT2D eigenvalue weighted by Gasteiger charge is -2.10. The topological polar surface area (TPSA) is 93.2 Å². The average molecular weight is 471 g/mol. The van der Waals surface area contributed by atoms with Crippen LogP contribution in [0.15, 0.2) is 114 Å². The highest BCUT2D eigenvalue weighted by Gasteiger charge is 2.13. The van der Waals surface area contributed by atoms with Crippen LogP contribution in [0.4, 0.5) is 22.7 Å². The van der Waals surface area contributed by atoms with Crippen molar-refractivity contribution < 1.29 is 9.21 Å².